The summed E-state index contributed by atoms with van der Waals surface area (Å²) in [5.74, 6) is 0.719. The lowest BCUT2D eigenvalue weighted by Gasteiger charge is -2.17. The number of pyridine rings is 1. The Hall–Kier alpha value is -3.34. The van der Waals surface area contributed by atoms with Gasteiger partial charge in [-0.05, 0) is 44.0 Å². The highest BCUT2D eigenvalue weighted by Gasteiger charge is 2.33. The van der Waals surface area contributed by atoms with E-state index in [4.69, 9.17) is 18.6 Å². The molecule has 0 spiro atoms. The highest BCUT2D eigenvalue weighted by Crippen LogP contribution is 2.37. The number of hydrogen-bond acceptors (Lipinski definition) is 7. The Bertz CT molecular complexity index is 1200. The molecular formula is C26H32F3N3O5. The molecule has 11 heteroatoms. The number of carbonyl (C=O) groups excluding carboxylic acids is 1. The van der Waals surface area contributed by atoms with Crippen LogP contribution >= 0.6 is 0 Å². The van der Waals surface area contributed by atoms with Crippen molar-refractivity contribution in [3.05, 3.63) is 41.4 Å². The first-order valence-corrected chi connectivity index (χ1v) is 12.2. The average Bonchev–Trinajstić information content (AvgIpc) is 3.25. The van der Waals surface area contributed by atoms with Crippen LogP contribution in [0.4, 0.5) is 18.0 Å². The standard InChI is InChI=1S/C26H32F3N3O5/c1-5-7-13-35-15-19(31-25(33)36-14-8-6-2)23-16(3)30-24(37-23)18-9-11-20(34-4)22-17(18)10-12-21(32-22)26(27,28)29/h9-12,19H,5-8,13-15H2,1-4H3,(H,31,33). The third-order valence-electron chi connectivity index (χ3n) is 5.66. The minimum absolute atomic E-state index is 0.0318. The molecule has 37 heavy (non-hydrogen) atoms. The van der Waals surface area contributed by atoms with Gasteiger partial charge in [-0.3, -0.25) is 0 Å². The summed E-state index contributed by atoms with van der Waals surface area (Å²) in [4.78, 5) is 20.7. The smallest absolute Gasteiger partial charge is 0.433 e. The summed E-state index contributed by atoms with van der Waals surface area (Å²) in [6.45, 7) is 6.69. The molecule has 1 N–H and O–H groups in total. The first-order valence-electron chi connectivity index (χ1n) is 12.2. The van der Waals surface area contributed by atoms with Crippen LogP contribution in [0.5, 0.6) is 5.75 Å². The summed E-state index contributed by atoms with van der Waals surface area (Å²) >= 11 is 0. The van der Waals surface area contributed by atoms with E-state index in [1.54, 1.807) is 13.0 Å². The molecule has 2 aromatic heterocycles. The van der Waals surface area contributed by atoms with Gasteiger partial charge in [0.2, 0.25) is 5.89 Å². The lowest BCUT2D eigenvalue weighted by Crippen LogP contribution is -2.32. The van der Waals surface area contributed by atoms with Crippen LogP contribution in [-0.2, 0) is 15.7 Å². The van der Waals surface area contributed by atoms with E-state index in [0.717, 1.165) is 31.7 Å². The van der Waals surface area contributed by atoms with Gasteiger partial charge in [0, 0.05) is 17.6 Å². The number of alkyl halides is 3. The van der Waals surface area contributed by atoms with Gasteiger partial charge in [-0.15, -0.1) is 0 Å². The van der Waals surface area contributed by atoms with Crippen molar-refractivity contribution in [1.82, 2.24) is 15.3 Å². The number of alkyl carbamates (subject to hydrolysis) is 1. The lowest BCUT2D eigenvalue weighted by molar-refractivity contribution is -0.140. The molecule has 2 heterocycles. The number of carbonyl (C=O) groups is 1. The maximum atomic E-state index is 13.3. The second-order valence-electron chi connectivity index (χ2n) is 8.49. The minimum atomic E-state index is -4.61. The van der Waals surface area contributed by atoms with E-state index >= 15 is 0 Å². The molecular weight excluding hydrogens is 491 g/mol. The fourth-order valence-electron chi connectivity index (χ4n) is 3.67. The van der Waals surface area contributed by atoms with Crippen LogP contribution in [0.15, 0.2) is 28.7 Å². The van der Waals surface area contributed by atoms with Crippen LogP contribution in [-0.4, -0.2) is 43.0 Å². The zero-order valence-electron chi connectivity index (χ0n) is 21.4. The van der Waals surface area contributed by atoms with Crippen LogP contribution in [0.1, 0.15) is 62.7 Å². The van der Waals surface area contributed by atoms with Gasteiger partial charge in [-0.25, -0.2) is 14.8 Å². The maximum absolute atomic E-state index is 13.3. The monoisotopic (exact) mass is 523 g/mol. The van der Waals surface area contributed by atoms with Gasteiger partial charge in [0.1, 0.15) is 23.0 Å². The van der Waals surface area contributed by atoms with Gasteiger partial charge in [0.15, 0.2) is 5.76 Å². The number of unbranched alkanes of at least 4 members (excludes halogenated alkanes) is 2. The van der Waals surface area contributed by atoms with Gasteiger partial charge in [0.25, 0.3) is 0 Å². The summed E-state index contributed by atoms with van der Waals surface area (Å²) in [6.07, 6.45) is -1.77. The molecule has 1 amide bonds. The number of fused-ring (bicyclic) bond motifs is 1. The number of rotatable bonds is 12. The van der Waals surface area contributed by atoms with E-state index in [0.29, 0.717) is 29.0 Å². The highest BCUT2D eigenvalue weighted by molar-refractivity contribution is 5.96. The van der Waals surface area contributed by atoms with Crippen LogP contribution in [0.3, 0.4) is 0 Å². The lowest BCUT2D eigenvalue weighted by atomic mass is 10.1. The molecule has 0 saturated heterocycles. The van der Waals surface area contributed by atoms with Crippen LogP contribution in [0.25, 0.3) is 22.4 Å². The second-order valence-corrected chi connectivity index (χ2v) is 8.49. The number of hydrogen-bond donors (Lipinski definition) is 1. The molecule has 3 rings (SSSR count). The topological polar surface area (TPSA) is 95.7 Å². The predicted octanol–water partition coefficient (Wildman–Crippen LogP) is 6.61. The third kappa shape index (κ3) is 7.12. The van der Waals surface area contributed by atoms with Crippen molar-refractivity contribution in [3.8, 4) is 17.2 Å². The number of oxazole rings is 1. The van der Waals surface area contributed by atoms with Gasteiger partial charge < -0.3 is 23.9 Å². The van der Waals surface area contributed by atoms with Crippen molar-refractivity contribution < 1.29 is 36.6 Å². The number of amides is 1. The van der Waals surface area contributed by atoms with E-state index in [1.807, 2.05) is 13.8 Å². The Labute approximate surface area is 213 Å². The highest BCUT2D eigenvalue weighted by atomic mass is 19.4. The molecule has 0 bridgehead atoms. The number of nitrogens with zero attached hydrogens (tertiary/aromatic N) is 2. The largest absolute Gasteiger partial charge is 0.494 e. The molecule has 0 aliphatic heterocycles. The van der Waals surface area contributed by atoms with E-state index in [2.05, 4.69) is 15.3 Å². The van der Waals surface area contributed by atoms with Crippen molar-refractivity contribution in [2.45, 2.75) is 58.7 Å². The first kappa shape index (κ1) is 28.2. The van der Waals surface area contributed by atoms with E-state index in [-0.39, 0.29) is 30.4 Å². The second kappa shape index (κ2) is 12.8. The molecule has 0 radical (unpaired) electrons. The van der Waals surface area contributed by atoms with Gasteiger partial charge in [-0.2, -0.15) is 13.2 Å². The molecule has 1 atom stereocenters. The number of methoxy groups -OCH3 is 1. The van der Waals surface area contributed by atoms with Crippen LogP contribution < -0.4 is 10.1 Å². The molecule has 0 aliphatic rings. The number of benzene rings is 1. The summed E-state index contributed by atoms with van der Waals surface area (Å²) in [5, 5.41) is 3.15. The van der Waals surface area contributed by atoms with Crippen molar-refractivity contribution >= 4 is 17.0 Å². The maximum Gasteiger partial charge on any atom is 0.433 e. The first-order chi connectivity index (χ1) is 17.7. The van der Waals surface area contributed by atoms with Gasteiger partial charge >= 0.3 is 12.3 Å². The Morgan fingerprint density at radius 3 is 2.49 bits per heavy atom. The normalized spacial score (nSPS) is 12.5. The molecule has 0 fully saturated rings. The van der Waals surface area contributed by atoms with Crippen molar-refractivity contribution in [2.24, 2.45) is 0 Å². The quantitative estimate of drug-likeness (QED) is 0.267. The van der Waals surface area contributed by atoms with Gasteiger partial charge in [0.05, 0.1) is 26.0 Å². The van der Waals surface area contributed by atoms with Crippen molar-refractivity contribution in [3.63, 3.8) is 0 Å². The summed E-state index contributed by atoms with van der Waals surface area (Å²) < 4.78 is 62.1. The summed E-state index contributed by atoms with van der Waals surface area (Å²) in [5.41, 5.74) is -0.0709. The van der Waals surface area contributed by atoms with Crippen molar-refractivity contribution in [2.75, 3.05) is 26.9 Å². The molecule has 202 valence electrons. The van der Waals surface area contributed by atoms with E-state index in [1.165, 1.54) is 19.2 Å². The van der Waals surface area contributed by atoms with E-state index < -0.39 is 24.0 Å². The van der Waals surface area contributed by atoms with Gasteiger partial charge in [-0.1, -0.05) is 26.7 Å². The number of ether oxygens (including phenoxy) is 3. The molecule has 0 aliphatic carbocycles. The molecule has 1 unspecified atom stereocenters. The number of aryl methyl sites for hydroxylation is 1. The number of halogens is 3. The molecule has 8 nitrogen and oxygen atoms in total. The Morgan fingerprint density at radius 1 is 1.08 bits per heavy atom. The summed E-state index contributed by atoms with van der Waals surface area (Å²) in [6, 6.07) is 4.70. The molecule has 3 aromatic rings. The van der Waals surface area contributed by atoms with E-state index in [9.17, 15) is 18.0 Å². The Kier molecular flexibility index (Phi) is 9.73. The predicted molar refractivity (Wildman–Crippen MR) is 131 cm³/mol. The molecule has 0 saturated carbocycles. The molecule has 1 aromatic carbocycles. The minimum Gasteiger partial charge on any atom is -0.494 e. The van der Waals surface area contributed by atoms with Crippen LogP contribution in [0, 0.1) is 6.92 Å². The Morgan fingerprint density at radius 2 is 1.81 bits per heavy atom. The number of nitrogens with one attached hydrogen (secondary N) is 1. The zero-order chi connectivity index (χ0) is 27.0. The third-order valence-corrected chi connectivity index (χ3v) is 5.66. The average molecular weight is 524 g/mol. The SMILES string of the molecule is CCCCOCC(NC(=O)OCCCC)c1oc(-c2ccc(OC)c3nc(C(F)(F)F)ccc23)nc1C. The fraction of sp³-hybridized carbons (Fsp3) is 0.500. The number of aromatic nitrogens is 2. The fourth-order valence-corrected chi connectivity index (χ4v) is 3.67. The Balaban J connectivity index is 1.97. The zero-order valence-corrected chi connectivity index (χ0v) is 21.4. The van der Waals surface area contributed by atoms with Crippen LogP contribution in [0.2, 0.25) is 0 Å². The van der Waals surface area contributed by atoms with Crippen molar-refractivity contribution in [1.29, 1.82) is 0 Å². The summed E-state index contributed by atoms with van der Waals surface area (Å²) in [7, 11) is 1.36.